The molecule has 8 amide bonds. The van der Waals surface area contributed by atoms with Gasteiger partial charge in [-0.15, -0.1) is 0 Å². The third kappa shape index (κ3) is 20.5. The highest BCUT2D eigenvalue weighted by molar-refractivity contribution is 7.98. The molecule has 69 heavy (non-hydrogen) atoms. The lowest BCUT2D eigenvalue weighted by molar-refractivity contribution is -0.150. The van der Waals surface area contributed by atoms with Gasteiger partial charge in [0.15, 0.2) is 0 Å². The summed E-state index contributed by atoms with van der Waals surface area (Å²) in [5.41, 5.74) is 11.2. The summed E-state index contributed by atoms with van der Waals surface area (Å²) < 4.78 is 15.9. The number of benzene rings is 1. The van der Waals surface area contributed by atoms with Gasteiger partial charge in [0.05, 0.1) is 25.6 Å². The normalized spacial score (nSPS) is 17.0. The Hall–Kier alpha value is -5.55. The van der Waals surface area contributed by atoms with Gasteiger partial charge in [0.25, 0.3) is 0 Å². The Morgan fingerprint density at radius 2 is 1.22 bits per heavy atom. The summed E-state index contributed by atoms with van der Waals surface area (Å²) in [6.07, 6.45) is -0.199. The molecule has 0 bridgehead atoms. The summed E-state index contributed by atoms with van der Waals surface area (Å²) in [4.78, 5) is 150. The van der Waals surface area contributed by atoms with E-state index >= 15 is 0 Å². The van der Waals surface area contributed by atoms with E-state index in [-0.39, 0.29) is 48.6 Å². The number of aliphatic hydroxyl groups excluding tert-OH is 2. The van der Waals surface area contributed by atoms with Crippen LogP contribution in [0.4, 0.5) is 0 Å². The van der Waals surface area contributed by atoms with Gasteiger partial charge in [0.2, 0.25) is 47.3 Å². The van der Waals surface area contributed by atoms with Gasteiger partial charge in [0.1, 0.15) is 54.1 Å². The second-order valence-electron chi connectivity index (χ2n) is 15.6. The highest BCUT2D eigenvalue weighted by atomic mass is 32.2. The number of amides is 8. The fraction of sp³-hybridized carbons (Fsp3) is 0.590. The zero-order valence-corrected chi connectivity index (χ0v) is 40.3. The monoisotopic (exact) mass is 1040 g/mol. The number of primary amides is 1. The molecule has 30 heteroatoms. The summed E-state index contributed by atoms with van der Waals surface area (Å²) >= 11 is 2.50. The number of hydrogen-bond donors (Lipinski definition) is 14. The molecule has 0 unspecified atom stereocenters. The summed E-state index contributed by atoms with van der Waals surface area (Å²) in [6, 6.07) is -7.97. The number of hydrogen-bond acceptors (Lipinski definition) is 17. The molecule has 1 aromatic carbocycles. The lowest BCUT2D eigenvalue weighted by Crippen LogP contribution is -2.61. The zero-order chi connectivity index (χ0) is 52.2. The van der Waals surface area contributed by atoms with Crippen molar-refractivity contribution >= 4 is 90.5 Å². The Balaban J connectivity index is 2.46. The minimum atomic E-state index is -4.98. The van der Waals surface area contributed by atoms with Gasteiger partial charge in [-0.25, -0.2) is 9.36 Å². The number of carbonyl (C=O) groups is 10. The first-order valence-electron chi connectivity index (χ1n) is 21.0. The van der Waals surface area contributed by atoms with E-state index in [2.05, 4.69) is 36.4 Å². The molecular formula is C39H60N9O18PS2. The number of phosphoric ester groups is 1. The van der Waals surface area contributed by atoms with Crippen molar-refractivity contribution in [3.05, 3.63) is 29.8 Å². The van der Waals surface area contributed by atoms with E-state index in [0.717, 1.165) is 17.0 Å². The highest BCUT2D eigenvalue weighted by Crippen LogP contribution is 2.37. The van der Waals surface area contributed by atoms with E-state index in [4.69, 9.17) is 11.5 Å². The van der Waals surface area contributed by atoms with Crippen molar-refractivity contribution in [3.8, 4) is 5.75 Å². The van der Waals surface area contributed by atoms with Crippen LogP contribution in [0.3, 0.4) is 0 Å². The number of aliphatic carboxylic acids is 2. The average molecular weight is 1040 g/mol. The summed E-state index contributed by atoms with van der Waals surface area (Å²) in [7, 11) is -4.98. The predicted molar refractivity (Wildman–Crippen MR) is 246 cm³/mol. The Morgan fingerprint density at radius 3 is 1.68 bits per heavy atom. The number of carboxylic acids is 2. The number of nitrogens with zero attached hydrogens (tertiary/aromatic N) is 1. The molecule has 0 saturated carbocycles. The average Bonchev–Trinajstić information content (AvgIpc) is 3.77. The number of rotatable bonds is 30. The summed E-state index contributed by atoms with van der Waals surface area (Å²) in [5.74, 6) is -11.3. The first-order chi connectivity index (χ1) is 32.3. The number of carboxylic acid groups (broad SMARTS) is 2. The third-order valence-corrected chi connectivity index (χ3v) is 11.9. The maximum Gasteiger partial charge on any atom is 0.524 e. The first kappa shape index (κ1) is 59.6. The lowest BCUT2D eigenvalue weighted by Gasteiger charge is -2.30. The highest BCUT2D eigenvalue weighted by Gasteiger charge is 2.41. The van der Waals surface area contributed by atoms with Gasteiger partial charge >= 0.3 is 19.8 Å². The Kier molecular flexibility index (Phi) is 24.9. The molecule has 16 N–H and O–H groups in total. The van der Waals surface area contributed by atoms with Gasteiger partial charge in [0, 0.05) is 13.0 Å². The minimum absolute atomic E-state index is 0.0475. The molecule has 1 saturated heterocycles. The van der Waals surface area contributed by atoms with Crippen molar-refractivity contribution in [1.82, 2.24) is 36.8 Å². The van der Waals surface area contributed by atoms with Crippen LogP contribution in [0.25, 0.3) is 0 Å². The number of likely N-dealkylation sites (tertiary alicyclic amines) is 1. The number of aliphatic hydroxyl groups is 2. The number of phosphoric acid groups is 1. The van der Waals surface area contributed by atoms with Crippen LogP contribution in [0.1, 0.15) is 51.0 Å². The summed E-state index contributed by atoms with van der Waals surface area (Å²) in [5, 5.41) is 52.9. The Morgan fingerprint density at radius 1 is 0.754 bits per heavy atom. The molecule has 1 aliphatic heterocycles. The van der Waals surface area contributed by atoms with Crippen LogP contribution in [0.5, 0.6) is 5.75 Å². The topological polar surface area (TPSA) is 446 Å². The largest absolute Gasteiger partial charge is 0.524 e. The first-order valence-corrected chi connectivity index (χ1v) is 25.4. The molecule has 0 aromatic heterocycles. The number of nitrogens with one attached hydrogen (secondary N) is 6. The summed E-state index contributed by atoms with van der Waals surface area (Å²) in [6.45, 7) is 0.368. The van der Waals surface area contributed by atoms with Gasteiger partial charge in [-0.1, -0.05) is 12.1 Å². The van der Waals surface area contributed by atoms with Crippen LogP contribution in [-0.2, 0) is 58.9 Å². The van der Waals surface area contributed by atoms with Crippen LogP contribution in [-0.4, -0.2) is 186 Å². The fourth-order valence-corrected chi connectivity index (χ4v) is 7.97. The molecule has 1 fully saturated rings. The van der Waals surface area contributed by atoms with Crippen molar-refractivity contribution < 1.29 is 87.2 Å². The molecule has 386 valence electrons. The van der Waals surface area contributed by atoms with Crippen LogP contribution < -0.4 is 47.9 Å². The van der Waals surface area contributed by atoms with Gasteiger partial charge < -0.3 is 73.2 Å². The maximum absolute atomic E-state index is 14.1. The fourth-order valence-electron chi connectivity index (χ4n) is 6.63. The van der Waals surface area contributed by atoms with Gasteiger partial charge in [-0.3, -0.25) is 52.9 Å². The van der Waals surface area contributed by atoms with Crippen LogP contribution >= 0.6 is 31.3 Å². The quantitative estimate of drug-likeness (QED) is 0.0322. The third-order valence-electron chi connectivity index (χ3n) is 10.2. The second kappa shape index (κ2) is 28.8. The molecule has 27 nitrogen and oxygen atoms in total. The van der Waals surface area contributed by atoms with E-state index in [0.29, 0.717) is 6.42 Å². The van der Waals surface area contributed by atoms with Crippen molar-refractivity contribution in [2.75, 3.05) is 37.2 Å². The Labute approximate surface area is 403 Å². The second-order valence-corrected chi connectivity index (χ2v) is 18.7. The van der Waals surface area contributed by atoms with E-state index in [1.807, 2.05) is 0 Å². The molecule has 1 heterocycles. The van der Waals surface area contributed by atoms with Crippen molar-refractivity contribution in [3.63, 3.8) is 0 Å². The molecule has 1 aliphatic rings. The zero-order valence-electron chi connectivity index (χ0n) is 37.7. The van der Waals surface area contributed by atoms with E-state index in [1.54, 1.807) is 12.5 Å². The number of carbonyl (C=O) groups excluding carboxylic acids is 8. The smallest absolute Gasteiger partial charge is 0.481 e. The molecule has 9 atom stereocenters. The van der Waals surface area contributed by atoms with E-state index in [9.17, 15) is 82.7 Å². The number of nitrogens with two attached hydrogens (primary N) is 2. The van der Waals surface area contributed by atoms with Crippen LogP contribution in [0.2, 0.25) is 0 Å². The van der Waals surface area contributed by atoms with Crippen molar-refractivity contribution in [2.45, 2.75) is 106 Å². The maximum atomic E-state index is 14.1. The standard InChI is InChI=1S/C39H60N9O18PS2/c1-19(50)31(38(60)48-12-4-5-28(48)39(61)62)47-34(56)24(11-14-69-3)43-36(58)26(16-29(41)51)46-33(55)23(10-13-68-2)42-35(57)25(15-20-6-8-21(9-7-20)66-67(63,64)65)45-37(59)27(17-30(52)53)44-32(54)22(40)18-49/h6-9,19,22-28,31,49-50H,4-5,10-18,40H2,1-3H3,(H2,41,51)(H,42,57)(H,43,58)(H,44,54)(H,45,59)(H,46,55)(H,47,56)(H,52,53)(H,61,62)(H2,63,64,65)/t19-,22+,23+,24+,25+,26+,27+,28+,31+/m1/s1. The minimum Gasteiger partial charge on any atom is -0.481 e. The van der Waals surface area contributed by atoms with Crippen LogP contribution in [0, 0.1) is 0 Å². The molecule has 0 aliphatic carbocycles. The Bertz CT molecular complexity index is 2050. The SMILES string of the molecule is CSCC[C@H](NC(=O)[C@H](Cc1ccc(OP(=O)(O)O)cc1)NC(=O)[C@H](CC(=O)O)NC(=O)[C@@H](N)CO)C(=O)N[C@@H](CC(N)=O)C(=O)N[C@@H](CCSC)C(=O)N[C@H](C(=O)N1CCC[C@H]1C(=O)O)[C@@H](C)O. The number of thioether (sulfide) groups is 2. The van der Waals surface area contributed by atoms with Crippen LogP contribution in [0.15, 0.2) is 24.3 Å². The molecule has 1 aromatic rings. The van der Waals surface area contributed by atoms with E-state index in [1.165, 1.54) is 42.6 Å². The van der Waals surface area contributed by atoms with Crippen molar-refractivity contribution in [1.29, 1.82) is 0 Å². The molecule has 2 rings (SSSR count). The van der Waals surface area contributed by atoms with Gasteiger partial charge in [-0.2, -0.15) is 23.5 Å². The van der Waals surface area contributed by atoms with Crippen molar-refractivity contribution in [2.24, 2.45) is 11.5 Å². The van der Waals surface area contributed by atoms with E-state index < -0.39 is 147 Å². The predicted octanol–water partition coefficient (Wildman–Crippen LogP) is -4.76. The molecule has 0 spiro atoms. The molecule has 0 radical (unpaired) electrons. The molecular weight excluding hydrogens is 978 g/mol. The lowest BCUT2D eigenvalue weighted by atomic mass is 10.0. The van der Waals surface area contributed by atoms with Gasteiger partial charge in [-0.05, 0) is 74.3 Å².